The smallest absolute Gasteiger partial charge is 0.410 e. The molecule has 1 N–H and O–H groups in total. The van der Waals surface area contributed by atoms with Crippen molar-refractivity contribution in [1.82, 2.24) is 20.2 Å². The minimum atomic E-state index is -0.677. The number of carbonyl (C=O) groups excluding carboxylic acids is 1. The van der Waals surface area contributed by atoms with Crippen LogP contribution in [0.25, 0.3) is 0 Å². The van der Waals surface area contributed by atoms with Crippen LogP contribution in [-0.4, -0.2) is 78.2 Å². The Kier molecular flexibility index (Phi) is 5.60. The standard InChI is InChI=1S/C21H29FN4O5/c1-21(4-5-21)31-20(27)26-8-13-10-28-11-14(9-26)17(13)30-19-16(22)18(24-12-25-19)29-15-2-6-23-7-3-15/h12-15,17,23H,2-11H2,1H3. The molecule has 1 saturated carbocycles. The van der Waals surface area contributed by atoms with Gasteiger partial charge in [0, 0.05) is 24.9 Å². The Hall–Kier alpha value is -2.20. The molecule has 1 aromatic rings. The van der Waals surface area contributed by atoms with Crippen molar-refractivity contribution in [3.05, 3.63) is 12.1 Å². The van der Waals surface area contributed by atoms with Crippen LogP contribution >= 0.6 is 0 Å². The zero-order valence-corrected chi connectivity index (χ0v) is 17.7. The monoisotopic (exact) mass is 436 g/mol. The van der Waals surface area contributed by atoms with E-state index in [1.807, 2.05) is 6.92 Å². The fourth-order valence-corrected chi connectivity index (χ4v) is 4.50. The predicted octanol–water partition coefficient (Wildman–Crippen LogP) is 1.76. The summed E-state index contributed by atoms with van der Waals surface area (Å²) in [6.45, 7) is 5.39. The molecule has 4 heterocycles. The first-order chi connectivity index (χ1) is 15.0. The number of rotatable bonds is 5. The number of likely N-dealkylation sites (tertiary alicyclic amines) is 1. The quantitative estimate of drug-likeness (QED) is 0.746. The van der Waals surface area contributed by atoms with Gasteiger partial charge in [0.15, 0.2) is 0 Å². The van der Waals surface area contributed by atoms with Gasteiger partial charge in [-0.25, -0.2) is 4.79 Å². The summed E-state index contributed by atoms with van der Waals surface area (Å²) in [5.74, 6) is -1.03. The van der Waals surface area contributed by atoms with Gasteiger partial charge >= 0.3 is 6.09 Å². The summed E-state index contributed by atoms with van der Waals surface area (Å²) in [7, 11) is 0. The average Bonchev–Trinajstić information content (AvgIpc) is 3.48. The summed E-state index contributed by atoms with van der Waals surface area (Å²) in [6, 6.07) is 0. The van der Waals surface area contributed by atoms with E-state index in [0.717, 1.165) is 38.8 Å². The van der Waals surface area contributed by atoms with E-state index < -0.39 is 5.82 Å². The van der Waals surface area contributed by atoms with Crippen molar-refractivity contribution in [3.8, 4) is 11.8 Å². The van der Waals surface area contributed by atoms with Gasteiger partial charge in [-0.1, -0.05) is 0 Å². The van der Waals surface area contributed by atoms with Gasteiger partial charge in [-0.2, -0.15) is 14.4 Å². The minimum Gasteiger partial charge on any atom is -0.472 e. The number of aromatic nitrogens is 2. The normalized spacial score (nSPS) is 29.9. The number of halogens is 1. The lowest BCUT2D eigenvalue weighted by molar-refractivity contribution is -0.112. The minimum absolute atomic E-state index is 0.0722. The Labute approximate surface area is 180 Å². The van der Waals surface area contributed by atoms with E-state index in [4.69, 9.17) is 18.9 Å². The van der Waals surface area contributed by atoms with E-state index >= 15 is 4.39 Å². The fourth-order valence-electron chi connectivity index (χ4n) is 4.50. The van der Waals surface area contributed by atoms with Gasteiger partial charge in [0.05, 0.1) is 13.2 Å². The van der Waals surface area contributed by atoms with Crippen molar-refractivity contribution in [3.63, 3.8) is 0 Å². The molecule has 0 radical (unpaired) electrons. The number of hydrogen-bond acceptors (Lipinski definition) is 8. The number of nitrogens with zero attached hydrogens (tertiary/aromatic N) is 3. The number of ether oxygens (including phenoxy) is 4. The molecule has 1 aliphatic carbocycles. The number of nitrogens with one attached hydrogen (secondary N) is 1. The van der Waals surface area contributed by atoms with Crippen LogP contribution in [0.1, 0.15) is 32.6 Å². The Balaban J connectivity index is 1.25. The third-order valence-electron chi connectivity index (χ3n) is 6.59. The number of piperidine rings is 2. The highest BCUT2D eigenvalue weighted by Crippen LogP contribution is 2.40. The summed E-state index contributed by atoms with van der Waals surface area (Å²) in [5.41, 5.74) is -0.315. The summed E-state index contributed by atoms with van der Waals surface area (Å²) < 4.78 is 38.2. The number of carbonyl (C=O) groups is 1. The highest BCUT2D eigenvalue weighted by Gasteiger charge is 2.47. The van der Waals surface area contributed by atoms with Crippen LogP contribution in [0.15, 0.2) is 6.33 Å². The molecule has 1 amide bonds. The first-order valence-electron chi connectivity index (χ1n) is 11.1. The highest BCUT2D eigenvalue weighted by atomic mass is 19.1. The zero-order valence-electron chi connectivity index (χ0n) is 17.7. The number of amides is 1. The van der Waals surface area contributed by atoms with E-state index in [1.165, 1.54) is 6.33 Å². The molecule has 4 fully saturated rings. The van der Waals surface area contributed by atoms with Crippen LogP contribution in [0, 0.1) is 17.7 Å². The van der Waals surface area contributed by atoms with E-state index in [1.54, 1.807) is 4.90 Å². The van der Waals surface area contributed by atoms with Crippen molar-refractivity contribution < 1.29 is 28.1 Å². The third kappa shape index (κ3) is 4.55. The Bertz CT molecular complexity index is 803. The second kappa shape index (κ2) is 8.38. The molecular weight excluding hydrogens is 407 g/mol. The Morgan fingerprint density at radius 3 is 2.45 bits per heavy atom. The fraction of sp³-hybridized carbons (Fsp3) is 0.762. The molecule has 1 aromatic heterocycles. The van der Waals surface area contributed by atoms with Crippen molar-refractivity contribution in [2.24, 2.45) is 11.8 Å². The lowest BCUT2D eigenvalue weighted by Gasteiger charge is -2.46. The van der Waals surface area contributed by atoms with Crippen molar-refractivity contribution in [2.75, 3.05) is 39.4 Å². The largest absolute Gasteiger partial charge is 0.472 e. The molecule has 3 aliphatic heterocycles. The maximum absolute atomic E-state index is 15.0. The molecular formula is C21H29FN4O5. The summed E-state index contributed by atoms with van der Waals surface area (Å²) >= 11 is 0. The van der Waals surface area contributed by atoms with Crippen LogP contribution in [0.2, 0.25) is 0 Å². The van der Waals surface area contributed by atoms with Gasteiger partial charge in [0.2, 0.25) is 5.82 Å². The molecule has 2 atom stereocenters. The van der Waals surface area contributed by atoms with Crippen LogP contribution in [0.4, 0.5) is 9.18 Å². The molecule has 0 aromatic carbocycles. The number of hydrogen-bond donors (Lipinski definition) is 1. The Morgan fingerprint density at radius 2 is 1.81 bits per heavy atom. The van der Waals surface area contributed by atoms with Crippen molar-refractivity contribution >= 4 is 6.09 Å². The van der Waals surface area contributed by atoms with Gasteiger partial charge in [-0.05, 0) is 45.7 Å². The van der Waals surface area contributed by atoms with Gasteiger partial charge in [-0.15, -0.1) is 0 Å². The molecule has 5 rings (SSSR count). The van der Waals surface area contributed by atoms with Gasteiger partial charge in [0.1, 0.15) is 24.1 Å². The second-order valence-electron chi connectivity index (χ2n) is 9.23. The van der Waals surface area contributed by atoms with Crippen molar-refractivity contribution in [1.29, 1.82) is 0 Å². The lowest BCUT2D eigenvalue weighted by Crippen LogP contribution is -2.59. The van der Waals surface area contributed by atoms with E-state index in [-0.39, 0.29) is 47.5 Å². The lowest BCUT2D eigenvalue weighted by atomic mass is 9.84. The van der Waals surface area contributed by atoms with Crippen LogP contribution in [0.5, 0.6) is 11.8 Å². The average molecular weight is 436 g/mol. The summed E-state index contributed by atoms with van der Waals surface area (Å²) in [4.78, 5) is 22.3. The van der Waals surface area contributed by atoms with Gasteiger partial charge in [-0.3, -0.25) is 0 Å². The maximum Gasteiger partial charge on any atom is 0.410 e. The molecule has 10 heteroatoms. The highest BCUT2D eigenvalue weighted by molar-refractivity contribution is 5.68. The molecule has 9 nitrogen and oxygen atoms in total. The van der Waals surface area contributed by atoms with Gasteiger partial charge in [0.25, 0.3) is 11.8 Å². The SMILES string of the molecule is CC1(OC(=O)N2CC3COCC(C2)C3Oc2ncnc(OC3CCNCC3)c2F)CC1. The summed E-state index contributed by atoms with van der Waals surface area (Å²) in [6.07, 6.45) is 4.01. The van der Waals surface area contributed by atoms with Crippen molar-refractivity contribution in [2.45, 2.75) is 50.4 Å². The Morgan fingerprint density at radius 1 is 1.16 bits per heavy atom. The molecule has 0 spiro atoms. The van der Waals surface area contributed by atoms with E-state index in [0.29, 0.717) is 26.3 Å². The third-order valence-corrected chi connectivity index (χ3v) is 6.59. The van der Waals surface area contributed by atoms with E-state index in [9.17, 15) is 4.79 Å². The van der Waals surface area contributed by atoms with Crippen LogP contribution in [-0.2, 0) is 9.47 Å². The second-order valence-corrected chi connectivity index (χ2v) is 9.23. The zero-order chi connectivity index (χ0) is 21.4. The number of fused-ring (bicyclic) bond motifs is 2. The van der Waals surface area contributed by atoms with Crippen LogP contribution in [0.3, 0.4) is 0 Å². The maximum atomic E-state index is 15.0. The predicted molar refractivity (Wildman–Crippen MR) is 106 cm³/mol. The topological polar surface area (TPSA) is 95.0 Å². The summed E-state index contributed by atoms with van der Waals surface area (Å²) in [5, 5.41) is 3.25. The first kappa shape index (κ1) is 20.7. The first-order valence-corrected chi connectivity index (χ1v) is 11.1. The molecule has 31 heavy (non-hydrogen) atoms. The van der Waals surface area contributed by atoms with E-state index in [2.05, 4.69) is 15.3 Å². The van der Waals surface area contributed by atoms with Gasteiger partial charge < -0.3 is 29.2 Å². The molecule has 3 saturated heterocycles. The molecule has 4 aliphatic rings. The molecule has 170 valence electrons. The molecule has 2 unspecified atom stereocenters. The molecule has 2 bridgehead atoms. The van der Waals surface area contributed by atoms with Crippen LogP contribution < -0.4 is 14.8 Å².